The van der Waals surface area contributed by atoms with Crippen molar-refractivity contribution in [3.63, 3.8) is 0 Å². The first-order valence-corrected chi connectivity index (χ1v) is 14.5. The number of anilines is 2. The number of carbonyl (C=O) groups excluding carboxylic acids is 2. The number of nitrogen functional groups attached to an aromatic ring is 2. The fraction of sp³-hybridized carbons (Fsp3) is 0.367. The molecule has 12 heteroatoms. The van der Waals surface area contributed by atoms with Crippen LogP contribution in [0.1, 0.15) is 82.6 Å². The summed E-state index contributed by atoms with van der Waals surface area (Å²) >= 11 is 1.51. The van der Waals surface area contributed by atoms with Crippen LogP contribution in [0.25, 0.3) is 11.2 Å². The van der Waals surface area contributed by atoms with Crippen LogP contribution in [0.3, 0.4) is 0 Å². The Balaban J connectivity index is 1.25. The summed E-state index contributed by atoms with van der Waals surface area (Å²) in [7, 11) is 0. The highest BCUT2D eigenvalue weighted by molar-refractivity contribution is 7.14. The van der Waals surface area contributed by atoms with Crippen molar-refractivity contribution in [3.05, 3.63) is 69.2 Å². The second-order valence-corrected chi connectivity index (χ2v) is 12.2. The highest BCUT2D eigenvalue weighted by atomic mass is 32.1. The molecule has 1 aromatic carbocycles. The van der Waals surface area contributed by atoms with Gasteiger partial charge in [0.05, 0.1) is 16.8 Å². The molecule has 11 nitrogen and oxygen atoms in total. The number of rotatable bonds is 12. The van der Waals surface area contributed by atoms with Gasteiger partial charge in [0, 0.05) is 16.9 Å². The van der Waals surface area contributed by atoms with Crippen LogP contribution in [-0.2, 0) is 23.1 Å². The molecule has 0 saturated carbocycles. The predicted octanol–water partition coefficient (Wildman–Crippen LogP) is 4.35. The molecule has 220 valence electrons. The molecule has 4 rings (SSSR count). The number of hydrogen-bond donors (Lipinski definition) is 4. The van der Waals surface area contributed by atoms with Crippen LogP contribution in [0.4, 0.5) is 11.8 Å². The van der Waals surface area contributed by atoms with E-state index in [1.807, 2.05) is 24.3 Å². The van der Waals surface area contributed by atoms with Gasteiger partial charge in [-0.1, -0.05) is 39.3 Å². The number of aromatic nitrogens is 4. The number of aryl methyl sites for hydroxylation is 2. The predicted molar refractivity (Wildman–Crippen MR) is 163 cm³/mol. The zero-order valence-electron chi connectivity index (χ0n) is 23.9. The Labute approximate surface area is 247 Å². The van der Waals surface area contributed by atoms with Crippen molar-refractivity contribution < 1.29 is 19.5 Å². The third-order valence-corrected chi connectivity index (χ3v) is 8.31. The summed E-state index contributed by atoms with van der Waals surface area (Å²) in [5, 5.41) is 12.2. The van der Waals surface area contributed by atoms with Crippen molar-refractivity contribution in [3.8, 4) is 0 Å². The van der Waals surface area contributed by atoms with Gasteiger partial charge in [-0.25, -0.2) is 14.8 Å². The summed E-state index contributed by atoms with van der Waals surface area (Å²) in [6.07, 6.45) is 4.45. The van der Waals surface area contributed by atoms with Crippen molar-refractivity contribution in [1.82, 2.24) is 25.3 Å². The van der Waals surface area contributed by atoms with Crippen LogP contribution >= 0.6 is 11.3 Å². The third kappa shape index (κ3) is 7.84. The lowest BCUT2D eigenvalue weighted by molar-refractivity contribution is -0.139. The Bertz CT molecular complexity index is 1600. The van der Waals surface area contributed by atoms with Gasteiger partial charge in [-0.2, -0.15) is 9.97 Å². The second kappa shape index (κ2) is 13.0. The number of hydrogen-bond acceptors (Lipinski definition) is 10. The first kappa shape index (κ1) is 30.5. The molecule has 0 radical (unpaired) electrons. The molecular weight excluding hydrogens is 554 g/mol. The van der Waals surface area contributed by atoms with Gasteiger partial charge in [0.1, 0.15) is 6.04 Å². The number of amides is 1. The lowest BCUT2D eigenvalue weighted by Gasteiger charge is -2.15. The second-order valence-electron chi connectivity index (χ2n) is 11.1. The van der Waals surface area contributed by atoms with Gasteiger partial charge in [-0.15, -0.1) is 11.3 Å². The number of benzene rings is 1. The van der Waals surface area contributed by atoms with Crippen LogP contribution in [0.15, 0.2) is 42.6 Å². The van der Waals surface area contributed by atoms with Crippen LogP contribution in [0, 0.1) is 0 Å². The molecule has 0 fully saturated rings. The number of ketones is 1. The van der Waals surface area contributed by atoms with Crippen LogP contribution in [0.2, 0.25) is 0 Å². The number of carbonyl (C=O) groups is 3. The largest absolute Gasteiger partial charge is 0.480 e. The number of aliphatic carboxylic acids is 1. The summed E-state index contributed by atoms with van der Waals surface area (Å²) in [4.78, 5) is 55.7. The van der Waals surface area contributed by atoms with Gasteiger partial charge in [0.25, 0.3) is 5.91 Å². The number of nitrogens with two attached hydrogens (primary N) is 2. The first-order chi connectivity index (χ1) is 19.9. The monoisotopic (exact) mass is 589 g/mol. The lowest BCUT2D eigenvalue weighted by Crippen LogP contribution is -2.40. The normalized spacial score (nSPS) is 12.3. The Kier molecular flexibility index (Phi) is 9.46. The third-order valence-electron chi connectivity index (χ3n) is 6.76. The fourth-order valence-corrected chi connectivity index (χ4v) is 5.38. The van der Waals surface area contributed by atoms with Gasteiger partial charge < -0.3 is 21.9 Å². The van der Waals surface area contributed by atoms with E-state index in [0.717, 1.165) is 15.3 Å². The van der Waals surface area contributed by atoms with E-state index in [4.69, 9.17) is 11.5 Å². The molecule has 0 aliphatic heterocycles. The number of unbranched alkanes of at least 4 members (excludes halogenated alkanes) is 1. The van der Waals surface area contributed by atoms with Gasteiger partial charge in [0.15, 0.2) is 22.8 Å². The summed E-state index contributed by atoms with van der Waals surface area (Å²) in [6.45, 7) is 6.32. The number of carboxylic acids is 1. The van der Waals surface area contributed by atoms with E-state index >= 15 is 0 Å². The van der Waals surface area contributed by atoms with Crippen LogP contribution in [-0.4, -0.2) is 48.7 Å². The van der Waals surface area contributed by atoms with E-state index in [-0.39, 0.29) is 29.4 Å². The van der Waals surface area contributed by atoms with Gasteiger partial charge in [-0.05, 0) is 60.9 Å². The molecule has 42 heavy (non-hydrogen) atoms. The maximum atomic E-state index is 12.8. The molecule has 4 aromatic rings. The summed E-state index contributed by atoms with van der Waals surface area (Å²) in [5.74, 6) is -1.30. The summed E-state index contributed by atoms with van der Waals surface area (Å²) in [6, 6.07) is 9.77. The molecule has 0 saturated heterocycles. The lowest BCUT2D eigenvalue weighted by atomic mass is 9.95. The summed E-state index contributed by atoms with van der Waals surface area (Å²) < 4.78 is 0. The van der Waals surface area contributed by atoms with Crippen molar-refractivity contribution >= 4 is 51.9 Å². The minimum absolute atomic E-state index is 0.00863. The molecule has 0 bridgehead atoms. The topological polar surface area (TPSA) is 187 Å². The van der Waals surface area contributed by atoms with Crippen LogP contribution < -0.4 is 16.8 Å². The van der Waals surface area contributed by atoms with E-state index in [2.05, 4.69) is 46.0 Å². The van der Waals surface area contributed by atoms with Crippen LogP contribution in [0.5, 0.6) is 0 Å². The SMILES string of the molecule is CC(C)(C)c1ccc(C(=O)CCCC[C@H](NC(=O)c2ccc(CCc3cnc4nc(N)nc(N)c4n3)cc2)C(=O)O)s1. The average Bonchev–Trinajstić information content (AvgIpc) is 3.45. The summed E-state index contributed by atoms with van der Waals surface area (Å²) in [5.41, 5.74) is 14.2. The molecule has 0 aliphatic carbocycles. The Morgan fingerprint density at radius 3 is 2.38 bits per heavy atom. The molecule has 0 unspecified atom stereocenters. The Morgan fingerprint density at radius 1 is 0.976 bits per heavy atom. The van der Waals surface area contributed by atoms with Gasteiger partial charge in [-0.3, -0.25) is 9.59 Å². The van der Waals surface area contributed by atoms with E-state index in [1.54, 1.807) is 18.3 Å². The molecule has 1 atom stereocenters. The molecule has 3 heterocycles. The van der Waals surface area contributed by atoms with E-state index in [9.17, 15) is 19.5 Å². The number of fused-ring (bicyclic) bond motifs is 1. The molecule has 0 spiro atoms. The number of nitrogens with zero attached hydrogens (tertiary/aromatic N) is 4. The standard InChI is InChI=1S/C30H35N7O4S/c1-30(2,3)23-15-14-22(42-23)21(38)7-5-4-6-20(28(40)41)35-27(39)18-11-8-17(9-12-18)10-13-19-16-33-26-24(34-19)25(31)36-29(32)37-26/h8-9,11-12,14-16,20H,4-7,10,13H2,1-3H3,(H,35,39)(H,40,41)(H4,31,32,33,36,37)/t20-/m0/s1. The first-order valence-electron chi connectivity index (χ1n) is 13.7. The van der Waals surface area contributed by atoms with E-state index < -0.39 is 17.9 Å². The average molecular weight is 590 g/mol. The van der Waals surface area contributed by atoms with Crippen molar-refractivity contribution in [1.29, 1.82) is 0 Å². The fourth-order valence-electron chi connectivity index (χ4n) is 4.35. The maximum absolute atomic E-state index is 12.8. The Morgan fingerprint density at radius 2 is 1.71 bits per heavy atom. The highest BCUT2D eigenvalue weighted by Gasteiger charge is 2.22. The Hall–Kier alpha value is -4.45. The zero-order valence-corrected chi connectivity index (χ0v) is 24.7. The van der Waals surface area contributed by atoms with Crippen molar-refractivity contribution in [2.45, 2.75) is 70.8 Å². The molecule has 3 aromatic heterocycles. The quantitative estimate of drug-likeness (QED) is 0.137. The minimum Gasteiger partial charge on any atom is -0.480 e. The maximum Gasteiger partial charge on any atom is 0.326 e. The number of thiophene rings is 1. The smallest absolute Gasteiger partial charge is 0.326 e. The van der Waals surface area contributed by atoms with Crippen molar-refractivity contribution in [2.24, 2.45) is 0 Å². The zero-order chi connectivity index (χ0) is 30.4. The highest BCUT2D eigenvalue weighted by Crippen LogP contribution is 2.30. The van der Waals surface area contributed by atoms with Gasteiger partial charge >= 0.3 is 5.97 Å². The number of carboxylic acid groups (broad SMARTS) is 1. The molecule has 0 aliphatic rings. The minimum atomic E-state index is -1.11. The molecule has 6 N–H and O–H groups in total. The molecule has 1 amide bonds. The van der Waals surface area contributed by atoms with Gasteiger partial charge in [0.2, 0.25) is 5.95 Å². The molecular formula is C30H35N7O4S. The van der Waals surface area contributed by atoms with E-state index in [0.29, 0.717) is 54.5 Å². The number of nitrogens with one attached hydrogen (secondary N) is 1. The van der Waals surface area contributed by atoms with E-state index in [1.165, 1.54) is 11.3 Å². The van der Waals surface area contributed by atoms with Crippen molar-refractivity contribution in [2.75, 3.05) is 11.5 Å². The number of Topliss-reactive ketones (excluding diaryl/α,β-unsaturated/α-hetero) is 1.